The Morgan fingerprint density at radius 3 is 0.641 bits per heavy atom. The van der Waals surface area contributed by atoms with Crippen LogP contribution in [0, 0.1) is 27.7 Å². The zero-order chi connectivity index (χ0) is 69.9. The predicted molar refractivity (Wildman–Crippen MR) is 444 cm³/mol. The summed E-state index contributed by atoms with van der Waals surface area (Å²) in [7, 11) is -3.35. The largest absolute Gasteiger partial charge is 0.311 e. The number of hydrogen-bond donors (Lipinski definition) is 0. The number of aryl methyl sites for hydroxylation is 4. The molecule has 0 N–H and O–H groups in total. The third kappa shape index (κ3) is 14.4. The highest BCUT2D eigenvalue weighted by Gasteiger charge is 2.42. The Balaban J connectivity index is 0.830. The average molecular weight is 1340 g/mol. The molecule has 15 aromatic carbocycles. The van der Waals surface area contributed by atoms with Crippen LogP contribution in [0.1, 0.15) is 44.5 Å². The van der Waals surface area contributed by atoms with E-state index in [-0.39, 0.29) is 0 Å². The average Bonchev–Trinajstić information content (AvgIpc) is 0.726. The Hall–Kier alpha value is -12.8. The molecule has 0 heterocycles. The van der Waals surface area contributed by atoms with Gasteiger partial charge in [-0.3, -0.25) is 0 Å². The molecule has 0 aromatic heterocycles. The molecule has 0 saturated heterocycles. The van der Waals surface area contributed by atoms with Crippen LogP contribution >= 0.6 is 0 Å². The minimum absolute atomic E-state index is 1.06. The van der Waals surface area contributed by atoms with E-state index in [1.54, 1.807) is 0 Å². The Kier molecular flexibility index (Phi) is 19.5. The van der Waals surface area contributed by atoms with E-state index in [0.29, 0.717) is 0 Å². The van der Waals surface area contributed by atoms with E-state index < -0.39 is 8.07 Å². The van der Waals surface area contributed by atoms with Crippen LogP contribution in [-0.4, -0.2) is 8.07 Å². The summed E-state index contributed by atoms with van der Waals surface area (Å²) >= 11 is 0. The molecule has 0 saturated carbocycles. The first-order chi connectivity index (χ1) is 50.7. The number of nitrogens with zero attached hydrogens (tertiary/aromatic N) is 4. The fourth-order valence-electron chi connectivity index (χ4n) is 14.2. The van der Waals surface area contributed by atoms with Crippen molar-refractivity contribution in [3.05, 3.63) is 433 Å². The van der Waals surface area contributed by atoms with Gasteiger partial charge in [-0.1, -0.05) is 278 Å². The molecule has 0 spiro atoms. The van der Waals surface area contributed by atoms with E-state index in [9.17, 15) is 0 Å². The minimum Gasteiger partial charge on any atom is -0.311 e. The van der Waals surface area contributed by atoms with Crippen molar-refractivity contribution in [1.82, 2.24) is 0 Å². The number of benzene rings is 15. The summed E-state index contributed by atoms with van der Waals surface area (Å²) in [6, 6.07) is 142. The van der Waals surface area contributed by atoms with Crippen LogP contribution in [-0.2, 0) is 0 Å². The summed E-state index contributed by atoms with van der Waals surface area (Å²) in [6.07, 6.45) is 8.89. The SMILES string of the molecule is Cc1ccc(/C=C/c2cc(C)c(/C=C/c3ccc(-c4ccc(N(c5ccccc5)c5ccc([Si](c6ccc(N(c7ccccc7)c7ccccc7)cc6)(c6ccc(N(c7ccccc7)c7ccccc7)cc6)c6ccc(N(c7ccccc7)c7ccc(C)cc7)cc6)cc5)cc4)cc3)cc2C)cc1. The molecular weight excluding hydrogens is 1260 g/mol. The lowest BCUT2D eigenvalue weighted by Gasteiger charge is -2.36. The van der Waals surface area contributed by atoms with Crippen molar-refractivity contribution < 1.29 is 0 Å². The van der Waals surface area contributed by atoms with Crippen LogP contribution in [0.25, 0.3) is 35.4 Å². The van der Waals surface area contributed by atoms with Crippen LogP contribution in [0.15, 0.2) is 388 Å². The lowest BCUT2D eigenvalue weighted by Crippen LogP contribution is -2.74. The summed E-state index contributed by atoms with van der Waals surface area (Å²) in [6.45, 7) is 8.67. The molecule has 0 atom stereocenters. The molecule has 4 nitrogen and oxygen atoms in total. The molecule has 15 aromatic rings. The number of rotatable bonds is 21. The van der Waals surface area contributed by atoms with E-state index in [2.05, 4.69) is 460 Å². The quantitative estimate of drug-likeness (QED) is 0.0404. The molecule has 103 heavy (non-hydrogen) atoms. The van der Waals surface area contributed by atoms with E-state index in [0.717, 1.165) is 84.9 Å². The van der Waals surface area contributed by atoms with Gasteiger partial charge in [-0.2, -0.15) is 0 Å². The Morgan fingerprint density at radius 2 is 0.388 bits per heavy atom. The summed E-state index contributed by atoms with van der Waals surface area (Å²) in [5.41, 5.74) is 25.1. The van der Waals surface area contributed by atoms with Crippen LogP contribution in [0.2, 0.25) is 0 Å². The fraction of sp³-hybridized carbons (Fsp3) is 0.0408. The van der Waals surface area contributed by atoms with Gasteiger partial charge in [0.1, 0.15) is 0 Å². The second kappa shape index (κ2) is 30.4. The lowest BCUT2D eigenvalue weighted by atomic mass is 9.98. The van der Waals surface area contributed by atoms with E-state index >= 15 is 0 Å². The van der Waals surface area contributed by atoms with E-state index in [4.69, 9.17) is 0 Å². The third-order valence-electron chi connectivity index (χ3n) is 19.6. The zero-order valence-electron chi connectivity index (χ0n) is 58.5. The molecule has 496 valence electrons. The fourth-order valence-corrected chi connectivity index (χ4v) is 18.9. The number of para-hydroxylation sites is 6. The smallest absolute Gasteiger partial charge is 0.179 e. The third-order valence-corrected chi connectivity index (χ3v) is 24.4. The normalized spacial score (nSPS) is 11.4. The van der Waals surface area contributed by atoms with Gasteiger partial charge in [-0.05, 0) is 239 Å². The van der Waals surface area contributed by atoms with E-state index in [1.165, 1.54) is 59.7 Å². The molecule has 5 heteroatoms. The highest BCUT2D eigenvalue weighted by molar-refractivity contribution is 7.20. The summed E-state index contributed by atoms with van der Waals surface area (Å²) in [5.74, 6) is 0. The van der Waals surface area contributed by atoms with Crippen molar-refractivity contribution in [1.29, 1.82) is 0 Å². The molecular formula is C98H80N4Si. The van der Waals surface area contributed by atoms with Gasteiger partial charge in [0.15, 0.2) is 8.07 Å². The molecule has 0 bridgehead atoms. The van der Waals surface area contributed by atoms with Gasteiger partial charge in [0.25, 0.3) is 0 Å². The van der Waals surface area contributed by atoms with Crippen molar-refractivity contribution in [3.8, 4) is 11.1 Å². The molecule has 0 aliphatic rings. The maximum Gasteiger partial charge on any atom is 0.179 e. The molecule has 0 unspecified atom stereocenters. The van der Waals surface area contributed by atoms with Gasteiger partial charge >= 0.3 is 0 Å². The standard InChI is InChI=1S/C98H80N4Si/c1-73-35-39-77(40-36-73)43-47-81-71-76(4)82(72-75(81)3)48-44-78-41-45-79(46-42-78)80-49-53-90(54-50-80)102(88-33-21-10-22-34-88)94-61-69-98(70-62-94)103(95-63-55-91(56-64-95)99(83-23-11-5-12-24-83)84-25-13-6-14-26-84,96-65-57-92(58-66-96)100(85-27-15-7-16-28-85)86-29-17-8-18-30-86)97-67-59-93(60-68-97)101(87-31-19-9-20-32-87)89-51-37-74(2)38-52-89/h5-72H,1-4H3/b47-43+,48-44+. The summed E-state index contributed by atoms with van der Waals surface area (Å²) < 4.78 is 0. The van der Waals surface area contributed by atoms with Crippen LogP contribution in [0.5, 0.6) is 0 Å². The highest BCUT2D eigenvalue weighted by atomic mass is 28.3. The molecule has 15 rings (SSSR count). The minimum atomic E-state index is -3.35. The van der Waals surface area contributed by atoms with Gasteiger partial charge < -0.3 is 19.6 Å². The molecule has 0 amide bonds. The zero-order valence-corrected chi connectivity index (χ0v) is 59.5. The van der Waals surface area contributed by atoms with Crippen molar-refractivity contribution in [2.75, 3.05) is 19.6 Å². The van der Waals surface area contributed by atoms with Gasteiger partial charge in [-0.25, -0.2) is 0 Å². The van der Waals surface area contributed by atoms with Crippen molar-refractivity contribution in [2.45, 2.75) is 27.7 Å². The number of anilines is 12. The molecule has 0 radical (unpaired) electrons. The van der Waals surface area contributed by atoms with E-state index in [1.807, 2.05) is 0 Å². The first-order valence-electron chi connectivity index (χ1n) is 35.4. The van der Waals surface area contributed by atoms with Gasteiger partial charge in [0.05, 0.1) is 0 Å². The Bertz CT molecular complexity index is 5120. The number of hydrogen-bond acceptors (Lipinski definition) is 4. The van der Waals surface area contributed by atoms with Gasteiger partial charge in [0.2, 0.25) is 0 Å². The van der Waals surface area contributed by atoms with Crippen molar-refractivity contribution in [2.24, 2.45) is 0 Å². The predicted octanol–water partition coefficient (Wildman–Crippen LogP) is 24.2. The second-order valence-electron chi connectivity index (χ2n) is 26.4. The first kappa shape index (κ1) is 66.1. The second-order valence-corrected chi connectivity index (χ2v) is 30.2. The molecule has 0 aliphatic heterocycles. The Labute approximate surface area is 608 Å². The maximum absolute atomic E-state index is 3.35. The monoisotopic (exact) mass is 1340 g/mol. The van der Waals surface area contributed by atoms with Crippen LogP contribution in [0.3, 0.4) is 0 Å². The maximum atomic E-state index is 2.42. The lowest BCUT2D eigenvalue weighted by molar-refractivity contribution is 1.28. The highest BCUT2D eigenvalue weighted by Crippen LogP contribution is 2.40. The topological polar surface area (TPSA) is 13.0 Å². The summed E-state index contributed by atoms with van der Waals surface area (Å²) in [4.78, 5) is 9.45. The first-order valence-corrected chi connectivity index (χ1v) is 37.4. The van der Waals surface area contributed by atoms with Crippen molar-refractivity contribution >= 4 is 121 Å². The van der Waals surface area contributed by atoms with Crippen LogP contribution < -0.4 is 40.3 Å². The molecule has 0 fully saturated rings. The van der Waals surface area contributed by atoms with Crippen molar-refractivity contribution in [3.63, 3.8) is 0 Å². The Morgan fingerprint density at radius 1 is 0.194 bits per heavy atom. The summed E-state index contributed by atoms with van der Waals surface area (Å²) in [5, 5.41) is 5.01. The van der Waals surface area contributed by atoms with Gasteiger partial charge in [0, 0.05) is 68.2 Å². The van der Waals surface area contributed by atoms with Crippen LogP contribution in [0.4, 0.5) is 68.2 Å². The molecule has 0 aliphatic carbocycles. The van der Waals surface area contributed by atoms with Gasteiger partial charge in [-0.15, -0.1) is 0 Å².